The summed E-state index contributed by atoms with van der Waals surface area (Å²) >= 11 is 6.70. The lowest BCUT2D eigenvalue weighted by atomic mass is 9.83. The highest BCUT2D eigenvalue weighted by Crippen LogP contribution is 2.47. The maximum atomic E-state index is 6.70. The lowest BCUT2D eigenvalue weighted by Gasteiger charge is -2.27. The minimum atomic E-state index is 0.404. The molecule has 0 aliphatic heterocycles. The molecule has 3 atom stereocenters. The first-order chi connectivity index (χ1) is 8.79. The van der Waals surface area contributed by atoms with E-state index < -0.39 is 0 Å². The Balaban J connectivity index is 1.86. The molecule has 1 aromatic carbocycles. The number of benzene rings is 1. The predicted molar refractivity (Wildman–Crippen MR) is 78.1 cm³/mol. The summed E-state index contributed by atoms with van der Waals surface area (Å²) in [6.07, 6.45) is 7.74. The SMILES string of the molecule is CCCC(Cl)C1C2CCC1Cc1ccccc1C2. The molecule has 0 aromatic heterocycles. The minimum absolute atomic E-state index is 0.404. The Bertz CT molecular complexity index is 379. The molecular weight excluding hydrogens is 240 g/mol. The molecule has 2 bridgehead atoms. The van der Waals surface area contributed by atoms with Crippen LogP contribution in [0.4, 0.5) is 0 Å². The Morgan fingerprint density at radius 2 is 1.67 bits per heavy atom. The first-order valence-corrected chi connectivity index (χ1v) is 7.94. The first-order valence-electron chi connectivity index (χ1n) is 7.50. The van der Waals surface area contributed by atoms with Crippen molar-refractivity contribution in [1.29, 1.82) is 0 Å². The van der Waals surface area contributed by atoms with Gasteiger partial charge >= 0.3 is 0 Å². The van der Waals surface area contributed by atoms with E-state index in [0.717, 1.165) is 17.8 Å². The number of hydrogen-bond donors (Lipinski definition) is 0. The summed E-state index contributed by atoms with van der Waals surface area (Å²) in [6.45, 7) is 2.25. The molecule has 0 nitrogen and oxygen atoms in total. The fourth-order valence-corrected chi connectivity index (χ4v) is 4.88. The van der Waals surface area contributed by atoms with Crippen LogP contribution in [0, 0.1) is 17.8 Å². The van der Waals surface area contributed by atoms with Gasteiger partial charge in [0.25, 0.3) is 0 Å². The Kier molecular flexibility index (Phi) is 3.66. The molecular formula is C17H23Cl. The van der Waals surface area contributed by atoms with Gasteiger partial charge in [-0.1, -0.05) is 37.6 Å². The highest BCUT2D eigenvalue weighted by molar-refractivity contribution is 6.20. The minimum Gasteiger partial charge on any atom is -0.123 e. The second-order valence-electron chi connectivity index (χ2n) is 6.16. The van der Waals surface area contributed by atoms with Gasteiger partial charge in [-0.05, 0) is 61.0 Å². The Morgan fingerprint density at radius 1 is 1.11 bits per heavy atom. The summed E-state index contributed by atoms with van der Waals surface area (Å²) in [7, 11) is 0. The van der Waals surface area contributed by atoms with Crippen LogP contribution in [0.1, 0.15) is 43.7 Å². The van der Waals surface area contributed by atoms with Gasteiger partial charge in [-0.2, -0.15) is 0 Å². The molecule has 1 heteroatoms. The van der Waals surface area contributed by atoms with Crippen molar-refractivity contribution in [2.24, 2.45) is 17.8 Å². The summed E-state index contributed by atoms with van der Waals surface area (Å²) in [4.78, 5) is 0. The molecule has 2 aliphatic carbocycles. The maximum Gasteiger partial charge on any atom is 0.0369 e. The monoisotopic (exact) mass is 262 g/mol. The third-order valence-electron chi connectivity index (χ3n) is 5.06. The van der Waals surface area contributed by atoms with Crippen molar-refractivity contribution < 1.29 is 0 Å². The molecule has 1 fully saturated rings. The molecule has 0 spiro atoms. The molecule has 0 amide bonds. The normalized spacial score (nSPS) is 31.8. The highest BCUT2D eigenvalue weighted by Gasteiger charge is 2.41. The summed E-state index contributed by atoms with van der Waals surface area (Å²) in [5.41, 5.74) is 3.19. The zero-order valence-corrected chi connectivity index (χ0v) is 12.0. The topological polar surface area (TPSA) is 0 Å². The van der Waals surface area contributed by atoms with Crippen molar-refractivity contribution >= 4 is 11.6 Å². The smallest absolute Gasteiger partial charge is 0.0369 e. The number of alkyl halides is 1. The van der Waals surface area contributed by atoms with Crippen molar-refractivity contribution in [2.45, 2.75) is 50.8 Å². The second-order valence-corrected chi connectivity index (χ2v) is 6.72. The van der Waals surface area contributed by atoms with Gasteiger partial charge in [0.1, 0.15) is 0 Å². The summed E-state index contributed by atoms with van der Waals surface area (Å²) < 4.78 is 0. The van der Waals surface area contributed by atoms with E-state index in [2.05, 4.69) is 31.2 Å². The third-order valence-corrected chi connectivity index (χ3v) is 5.57. The van der Waals surface area contributed by atoms with E-state index in [1.54, 1.807) is 11.1 Å². The summed E-state index contributed by atoms with van der Waals surface area (Å²) in [6, 6.07) is 9.04. The van der Waals surface area contributed by atoms with E-state index in [-0.39, 0.29) is 0 Å². The molecule has 18 heavy (non-hydrogen) atoms. The molecule has 3 rings (SSSR count). The van der Waals surface area contributed by atoms with Gasteiger partial charge in [-0.3, -0.25) is 0 Å². The lowest BCUT2D eigenvalue weighted by Crippen LogP contribution is -2.25. The number of halogens is 1. The number of fused-ring (bicyclic) bond motifs is 3. The first kappa shape index (κ1) is 12.5. The van der Waals surface area contributed by atoms with Crippen molar-refractivity contribution in [3.63, 3.8) is 0 Å². The van der Waals surface area contributed by atoms with Crippen LogP contribution in [0.5, 0.6) is 0 Å². The van der Waals surface area contributed by atoms with Gasteiger partial charge in [0.05, 0.1) is 0 Å². The van der Waals surface area contributed by atoms with Gasteiger partial charge in [0.15, 0.2) is 0 Å². The van der Waals surface area contributed by atoms with Crippen molar-refractivity contribution in [3.8, 4) is 0 Å². The Labute approximate surface area is 116 Å². The van der Waals surface area contributed by atoms with Crippen LogP contribution in [0.2, 0.25) is 0 Å². The highest BCUT2D eigenvalue weighted by atomic mass is 35.5. The molecule has 2 aliphatic rings. The van der Waals surface area contributed by atoms with Crippen LogP contribution >= 0.6 is 11.6 Å². The summed E-state index contributed by atoms with van der Waals surface area (Å²) in [5.74, 6) is 2.44. The number of hydrogen-bond acceptors (Lipinski definition) is 0. The fraction of sp³-hybridized carbons (Fsp3) is 0.647. The van der Waals surface area contributed by atoms with Gasteiger partial charge in [0.2, 0.25) is 0 Å². The zero-order valence-electron chi connectivity index (χ0n) is 11.2. The zero-order chi connectivity index (χ0) is 12.5. The second kappa shape index (κ2) is 5.25. The largest absolute Gasteiger partial charge is 0.123 e. The standard InChI is InChI=1S/C17H23Cl/c1-2-5-16(18)17-14-8-9-15(17)11-13-7-4-3-6-12(13)10-14/h3-4,6-7,14-17H,2,5,8-11H2,1H3. The van der Waals surface area contributed by atoms with E-state index in [1.165, 1.54) is 38.5 Å². The van der Waals surface area contributed by atoms with Gasteiger partial charge in [-0.15, -0.1) is 11.6 Å². The van der Waals surface area contributed by atoms with E-state index in [1.807, 2.05) is 0 Å². The Hall–Kier alpha value is -0.490. The molecule has 0 N–H and O–H groups in total. The molecule has 0 heterocycles. The molecule has 3 unspecified atom stereocenters. The van der Waals surface area contributed by atoms with Crippen molar-refractivity contribution in [3.05, 3.63) is 35.4 Å². The summed E-state index contributed by atoms with van der Waals surface area (Å²) in [5, 5.41) is 0.404. The molecule has 98 valence electrons. The third kappa shape index (κ3) is 2.20. The van der Waals surface area contributed by atoms with E-state index in [4.69, 9.17) is 11.6 Å². The fourth-order valence-electron chi connectivity index (χ4n) is 4.25. The van der Waals surface area contributed by atoms with Gasteiger partial charge in [-0.25, -0.2) is 0 Å². The van der Waals surface area contributed by atoms with Crippen LogP contribution in [-0.4, -0.2) is 5.38 Å². The average Bonchev–Trinajstić information content (AvgIpc) is 2.65. The van der Waals surface area contributed by atoms with Gasteiger partial charge in [0, 0.05) is 5.38 Å². The van der Waals surface area contributed by atoms with E-state index in [9.17, 15) is 0 Å². The van der Waals surface area contributed by atoms with Crippen LogP contribution < -0.4 is 0 Å². The predicted octanol–water partition coefficient (Wildman–Crippen LogP) is 4.84. The number of rotatable bonds is 3. The molecule has 0 radical (unpaired) electrons. The lowest BCUT2D eigenvalue weighted by molar-refractivity contribution is 0.297. The van der Waals surface area contributed by atoms with Crippen molar-refractivity contribution in [2.75, 3.05) is 0 Å². The maximum absolute atomic E-state index is 6.70. The Morgan fingerprint density at radius 3 is 2.17 bits per heavy atom. The molecule has 1 saturated carbocycles. The van der Waals surface area contributed by atoms with Crippen LogP contribution in [-0.2, 0) is 12.8 Å². The quantitative estimate of drug-likeness (QED) is 0.684. The average molecular weight is 263 g/mol. The van der Waals surface area contributed by atoms with Crippen LogP contribution in [0.25, 0.3) is 0 Å². The molecule has 0 saturated heterocycles. The van der Waals surface area contributed by atoms with Crippen LogP contribution in [0.3, 0.4) is 0 Å². The van der Waals surface area contributed by atoms with E-state index in [0.29, 0.717) is 5.38 Å². The van der Waals surface area contributed by atoms with Gasteiger partial charge < -0.3 is 0 Å². The van der Waals surface area contributed by atoms with Crippen molar-refractivity contribution in [1.82, 2.24) is 0 Å². The molecule has 1 aromatic rings. The van der Waals surface area contributed by atoms with Crippen LogP contribution in [0.15, 0.2) is 24.3 Å². The van der Waals surface area contributed by atoms with E-state index >= 15 is 0 Å².